The maximum absolute atomic E-state index is 13.9. The molecule has 0 spiro atoms. The monoisotopic (exact) mass is 454 g/mol. The number of carbonyl (C=O) groups is 3. The Kier molecular flexibility index (Phi) is 7.37. The molecule has 4 amide bonds. The zero-order valence-corrected chi connectivity index (χ0v) is 20.1. The summed E-state index contributed by atoms with van der Waals surface area (Å²) in [5.74, 6) is 0.130. The van der Waals surface area contributed by atoms with Crippen LogP contribution in [0.2, 0.25) is 0 Å². The second-order valence-corrected chi connectivity index (χ2v) is 9.98. The standard InChI is InChI=1S/C26H38N4O3/c1-3-20(2)23(31)29-15-11-22(12-16-29)26(19-21-9-5-4-6-10-21)24(32)30(25(33)27-26)18-17-28-13-7-8-14-28/h4-6,9-10,20,22H,3,7-8,11-19H2,1-2H3,(H,27,33)/t20-,26-/m0/s1. The molecule has 2 atom stereocenters. The third-order valence-corrected chi connectivity index (χ3v) is 7.90. The van der Waals surface area contributed by atoms with Crippen LogP contribution in [0.4, 0.5) is 4.79 Å². The Morgan fingerprint density at radius 3 is 2.36 bits per heavy atom. The summed E-state index contributed by atoms with van der Waals surface area (Å²) in [7, 11) is 0. The smallest absolute Gasteiger partial charge is 0.325 e. The lowest BCUT2D eigenvalue weighted by Crippen LogP contribution is -2.58. The number of amides is 4. The molecule has 3 saturated heterocycles. The molecule has 33 heavy (non-hydrogen) atoms. The van der Waals surface area contributed by atoms with Gasteiger partial charge in [-0.05, 0) is 56.7 Å². The highest BCUT2D eigenvalue weighted by Gasteiger charge is 2.56. The summed E-state index contributed by atoms with van der Waals surface area (Å²) >= 11 is 0. The van der Waals surface area contributed by atoms with E-state index in [2.05, 4.69) is 10.2 Å². The Hall–Kier alpha value is -2.41. The predicted octanol–water partition coefficient (Wildman–Crippen LogP) is 2.90. The molecule has 4 rings (SSSR count). The molecule has 0 aromatic heterocycles. The number of carbonyl (C=O) groups excluding carboxylic acids is 3. The molecule has 1 aromatic carbocycles. The molecule has 7 nitrogen and oxygen atoms in total. The lowest BCUT2D eigenvalue weighted by atomic mass is 9.73. The summed E-state index contributed by atoms with van der Waals surface area (Å²) in [6.45, 7) is 8.55. The fourth-order valence-electron chi connectivity index (χ4n) is 5.63. The Labute approximate surface area is 197 Å². The first-order valence-electron chi connectivity index (χ1n) is 12.6. The molecule has 180 valence electrons. The van der Waals surface area contributed by atoms with E-state index in [-0.39, 0.29) is 29.7 Å². The molecule has 0 aliphatic carbocycles. The molecule has 3 aliphatic rings. The minimum atomic E-state index is -0.936. The van der Waals surface area contributed by atoms with Gasteiger partial charge in [0.15, 0.2) is 0 Å². The maximum Gasteiger partial charge on any atom is 0.325 e. The first-order valence-corrected chi connectivity index (χ1v) is 12.6. The van der Waals surface area contributed by atoms with Crippen LogP contribution in [-0.4, -0.2) is 77.4 Å². The summed E-state index contributed by atoms with van der Waals surface area (Å²) in [6.07, 6.45) is 5.14. The van der Waals surface area contributed by atoms with E-state index in [0.717, 1.165) is 44.5 Å². The zero-order valence-electron chi connectivity index (χ0n) is 20.1. The van der Waals surface area contributed by atoms with Crippen LogP contribution in [-0.2, 0) is 16.0 Å². The van der Waals surface area contributed by atoms with Gasteiger partial charge in [-0.25, -0.2) is 4.79 Å². The van der Waals surface area contributed by atoms with Crippen molar-refractivity contribution in [1.82, 2.24) is 20.0 Å². The lowest BCUT2D eigenvalue weighted by molar-refractivity contribution is -0.138. The average molecular weight is 455 g/mol. The van der Waals surface area contributed by atoms with Gasteiger partial charge in [0.25, 0.3) is 5.91 Å². The minimum absolute atomic E-state index is 0.00641. The number of imide groups is 1. The number of nitrogens with one attached hydrogen (secondary N) is 1. The van der Waals surface area contributed by atoms with Crippen molar-refractivity contribution in [2.45, 2.75) is 57.9 Å². The fraction of sp³-hybridized carbons (Fsp3) is 0.654. The highest BCUT2D eigenvalue weighted by atomic mass is 16.2. The van der Waals surface area contributed by atoms with Gasteiger partial charge in [-0.3, -0.25) is 14.5 Å². The largest absolute Gasteiger partial charge is 0.342 e. The number of piperidine rings is 1. The van der Waals surface area contributed by atoms with Crippen molar-refractivity contribution in [1.29, 1.82) is 0 Å². The van der Waals surface area contributed by atoms with Crippen LogP contribution in [0.5, 0.6) is 0 Å². The summed E-state index contributed by atoms with van der Waals surface area (Å²) in [5, 5.41) is 3.15. The molecule has 3 fully saturated rings. The van der Waals surface area contributed by atoms with Crippen molar-refractivity contribution in [3.63, 3.8) is 0 Å². The van der Waals surface area contributed by atoms with Gasteiger partial charge in [-0.1, -0.05) is 44.2 Å². The summed E-state index contributed by atoms with van der Waals surface area (Å²) in [4.78, 5) is 45.3. The normalized spacial score (nSPS) is 25.5. The van der Waals surface area contributed by atoms with Gasteiger partial charge < -0.3 is 15.1 Å². The van der Waals surface area contributed by atoms with Crippen LogP contribution < -0.4 is 5.32 Å². The Balaban J connectivity index is 1.52. The molecule has 3 aliphatic heterocycles. The molecule has 0 unspecified atom stereocenters. The summed E-state index contributed by atoms with van der Waals surface area (Å²) in [5.41, 5.74) is 0.111. The number of rotatable bonds is 8. The third kappa shape index (κ3) is 4.93. The van der Waals surface area contributed by atoms with Crippen LogP contribution in [0.15, 0.2) is 30.3 Å². The first kappa shape index (κ1) is 23.7. The molecule has 3 heterocycles. The van der Waals surface area contributed by atoms with Crippen molar-refractivity contribution in [2.75, 3.05) is 39.3 Å². The number of hydrogen-bond acceptors (Lipinski definition) is 4. The second kappa shape index (κ2) is 10.2. The van der Waals surface area contributed by atoms with Crippen LogP contribution in [0.25, 0.3) is 0 Å². The zero-order chi connectivity index (χ0) is 23.4. The molecular weight excluding hydrogens is 416 g/mol. The predicted molar refractivity (Wildman–Crippen MR) is 128 cm³/mol. The van der Waals surface area contributed by atoms with E-state index in [1.54, 1.807) is 0 Å². The SMILES string of the molecule is CC[C@H](C)C(=O)N1CCC([C@]2(Cc3ccccc3)NC(=O)N(CCN3CCCC3)C2=O)CC1. The van der Waals surface area contributed by atoms with E-state index in [4.69, 9.17) is 0 Å². The topological polar surface area (TPSA) is 73.0 Å². The number of likely N-dealkylation sites (tertiary alicyclic amines) is 2. The molecule has 7 heteroatoms. The fourth-order valence-corrected chi connectivity index (χ4v) is 5.63. The van der Waals surface area contributed by atoms with Crippen LogP contribution in [0, 0.1) is 11.8 Å². The molecule has 1 aromatic rings. The summed E-state index contributed by atoms with van der Waals surface area (Å²) in [6, 6.07) is 9.69. The van der Waals surface area contributed by atoms with E-state index in [0.29, 0.717) is 26.1 Å². The number of hydrogen-bond donors (Lipinski definition) is 1. The Morgan fingerprint density at radius 2 is 1.73 bits per heavy atom. The van der Waals surface area contributed by atoms with Crippen LogP contribution in [0.3, 0.4) is 0 Å². The van der Waals surface area contributed by atoms with Gasteiger partial charge in [0.1, 0.15) is 5.54 Å². The number of nitrogens with zero attached hydrogens (tertiary/aromatic N) is 3. The first-order chi connectivity index (χ1) is 15.9. The average Bonchev–Trinajstić information content (AvgIpc) is 3.44. The van der Waals surface area contributed by atoms with Gasteiger partial charge >= 0.3 is 6.03 Å². The van der Waals surface area contributed by atoms with Crippen molar-refractivity contribution in [2.24, 2.45) is 11.8 Å². The van der Waals surface area contributed by atoms with Crippen molar-refractivity contribution in [3.8, 4) is 0 Å². The quantitative estimate of drug-likeness (QED) is 0.613. The molecule has 0 saturated carbocycles. The Morgan fingerprint density at radius 1 is 1.06 bits per heavy atom. The molecule has 0 bridgehead atoms. The third-order valence-electron chi connectivity index (χ3n) is 7.90. The van der Waals surface area contributed by atoms with E-state index >= 15 is 0 Å². The van der Waals surface area contributed by atoms with Crippen molar-refractivity contribution >= 4 is 17.8 Å². The molecular formula is C26H38N4O3. The van der Waals surface area contributed by atoms with Gasteiger partial charge in [-0.2, -0.15) is 0 Å². The summed E-state index contributed by atoms with van der Waals surface area (Å²) < 4.78 is 0. The van der Waals surface area contributed by atoms with E-state index in [1.165, 1.54) is 17.7 Å². The number of urea groups is 1. The van der Waals surface area contributed by atoms with Gasteiger partial charge in [0.2, 0.25) is 5.91 Å². The van der Waals surface area contributed by atoms with E-state index < -0.39 is 5.54 Å². The van der Waals surface area contributed by atoms with Gasteiger partial charge in [0, 0.05) is 38.5 Å². The van der Waals surface area contributed by atoms with Crippen molar-refractivity contribution < 1.29 is 14.4 Å². The van der Waals surface area contributed by atoms with E-state index in [9.17, 15) is 14.4 Å². The lowest BCUT2D eigenvalue weighted by Gasteiger charge is -2.41. The maximum atomic E-state index is 13.9. The van der Waals surface area contributed by atoms with Gasteiger partial charge in [0.05, 0.1) is 0 Å². The van der Waals surface area contributed by atoms with Crippen molar-refractivity contribution in [3.05, 3.63) is 35.9 Å². The highest BCUT2D eigenvalue weighted by Crippen LogP contribution is 2.37. The van der Waals surface area contributed by atoms with Gasteiger partial charge in [-0.15, -0.1) is 0 Å². The molecule has 0 radical (unpaired) electrons. The van der Waals surface area contributed by atoms with E-state index in [1.807, 2.05) is 49.1 Å². The highest BCUT2D eigenvalue weighted by molar-refractivity contribution is 6.07. The number of benzene rings is 1. The Bertz CT molecular complexity index is 846. The molecule has 1 N–H and O–H groups in total. The van der Waals surface area contributed by atoms with Crippen LogP contribution >= 0.6 is 0 Å². The van der Waals surface area contributed by atoms with Crippen LogP contribution in [0.1, 0.15) is 51.5 Å². The minimum Gasteiger partial charge on any atom is -0.342 e. The second-order valence-electron chi connectivity index (χ2n) is 9.98.